The van der Waals surface area contributed by atoms with Crippen LogP contribution in [-0.2, 0) is 39.9 Å². The third-order valence-electron chi connectivity index (χ3n) is 4.08. The van der Waals surface area contributed by atoms with Gasteiger partial charge in [0.2, 0.25) is 0 Å². The molecule has 0 aromatic carbocycles. The molecular formula is C19H26F3N3O10. The minimum Gasteiger partial charge on any atom is -0.475 e. The third-order valence-corrected chi connectivity index (χ3v) is 4.08. The fourth-order valence-corrected chi connectivity index (χ4v) is 2.49. The maximum Gasteiger partial charge on any atom is 0.490 e. The number of alkyl halides is 3. The number of carbonyl (C=O) groups excluding carboxylic acids is 3. The molecular weight excluding hydrogens is 487 g/mol. The van der Waals surface area contributed by atoms with Crippen molar-refractivity contribution in [3.63, 3.8) is 0 Å². The van der Waals surface area contributed by atoms with Gasteiger partial charge in [0, 0.05) is 44.2 Å². The van der Waals surface area contributed by atoms with Crippen molar-refractivity contribution < 1.29 is 56.9 Å². The summed E-state index contributed by atoms with van der Waals surface area (Å²) in [6, 6.07) is 0. The number of ether oxygens (including phenoxy) is 2. The standard InChI is InChI=1S/C17H25N3O8.C2HF3O2/c1-26-17(23)13(8-14-10-18-12-19-14)9-15(21)4-2-5-16(22)11-27-6-3-7-28-20(24)25;3-2(4,5)1(6)7/h10,12-13H,2-9,11H2,1H3,(H,18,19);(H,6,7). The van der Waals surface area contributed by atoms with Crippen molar-refractivity contribution >= 4 is 23.5 Å². The summed E-state index contributed by atoms with van der Waals surface area (Å²) in [5.74, 6) is -4.11. The van der Waals surface area contributed by atoms with Gasteiger partial charge in [-0.05, 0) is 12.8 Å². The molecule has 0 aliphatic rings. The molecule has 1 heterocycles. The fourth-order valence-electron chi connectivity index (χ4n) is 2.49. The summed E-state index contributed by atoms with van der Waals surface area (Å²) in [5.41, 5.74) is 0.735. The second kappa shape index (κ2) is 17.0. The summed E-state index contributed by atoms with van der Waals surface area (Å²) in [4.78, 5) is 65.4. The monoisotopic (exact) mass is 513 g/mol. The number of ketones is 2. The number of aromatic amines is 1. The van der Waals surface area contributed by atoms with Gasteiger partial charge in [0.1, 0.15) is 12.4 Å². The number of halogens is 3. The number of aliphatic carboxylic acids is 1. The maximum atomic E-state index is 12.1. The maximum absolute atomic E-state index is 12.1. The zero-order valence-electron chi connectivity index (χ0n) is 18.7. The molecule has 0 bridgehead atoms. The van der Waals surface area contributed by atoms with Crippen LogP contribution in [-0.4, -0.2) is 76.8 Å². The van der Waals surface area contributed by atoms with Gasteiger partial charge in [-0.25, -0.2) is 9.78 Å². The van der Waals surface area contributed by atoms with Gasteiger partial charge in [0.25, 0.3) is 5.09 Å². The first kappa shape index (κ1) is 31.4. The van der Waals surface area contributed by atoms with Gasteiger partial charge in [-0.3, -0.25) is 14.4 Å². The number of Topliss-reactive ketones (excluding diaryl/α,β-unsaturated/α-hetero) is 2. The Balaban J connectivity index is 0.00000143. The fraction of sp³-hybridized carbons (Fsp3) is 0.632. The van der Waals surface area contributed by atoms with Crippen molar-refractivity contribution in [1.82, 2.24) is 9.97 Å². The van der Waals surface area contributed by atoms with Crippen molar-refractivity contribution in [1.29, 1.82) is 0 Å². The van der Waals surface area contributed by atoms with Gasteiger partial charge in [-0.2, -0.15) is 13.2 Å². The molecule has 1 aromatic rings. The van der Waals surface area contributed by atoms with Crippen LogP contribution in [0.4, 0.5) is 13.2 Å². The Hall–Kier alpha value is -3.56. The molecule has 198 valence electrons. The molecule has 0 spiro atoms. The van der Waals surface area contributed by atoms with Crippen LogP contribution in [0.3, 0.4) is 0 Å². The minimum atomic E-state index is -5.08. The van der Waals surface area contributed by atoms with Crippen molar-refractivity contribution in [3.8, 4) is 0 Å². The lowest BCUT2D eigenvalue weighted by molar-refractivity contribution is -0.757. The van der Waals surface area contributed by atoms with E-state index in [-0.39, 0.29) is 50.6 Å². The van der Waals surface area contributed by atoms with Crippen molar-refractivity contribution in [2.24, 2.45) is 5.92 Å². The first-order valence-corrected chi connectivity index (χ1v) is 10.1. The van der Waals surface area contributed by atoms with Crippen molar-refractivity contribution in [2.75, 3.05) is 26.9 Å². The molecule has 1 aromatic heterocycles. The van der Waals surface area contributed by atoms with Crippen LogP contribution in [0, 0.1) is 16.0 Å². The van der Waals surface area contributed by atoms with Crippen LogP contribution >= 0.6 is 0 Å². The molecule has 2 N–H and O–H groups in total. The lowest BCUT2D eigenvalue weighted by atomic mass is 9.95. The molecule has 0 amide bonds. The van der Waals surface area contributed by atoms with Gasteiger partial charge in [-0.15, -0.1) is 10.1 Å². The summed E-state index contributed by atoms with van der Waals surface area (Å²) >= 11 is 0. The van der Waals surface area contributed by atoms with Gasteiger partial charge in [0.15, 0.2) is 5.78 Å². The Morgan fingerprint density at radius 3 is 2.31 bits per heavy atom. The lowest BCUT2D eigenvalue weighted by Gasteiger charge is -2.13. The minimum absolute atomic E-state index is 0.0346. The quantitative estimate of drug-likeness (QED) is 0.142. The molecule has 16 heteroatoms. The zero-order chi connectivity index (χ0) is 26.9. The normalized spacial score (nSPS) is 11.5. The van der Waals surface area contributed by atoms with E-state index in [0.29, 0.717) is 19.3 Å². The number of hydrogen-bond acceptors (Lipinski definition) is 10. The molecule has 1 atom stereocenters. The Kier molecular flexibility index (Phi) is 15.2. The van der Waals surface area contributed by atoms with E-state index >= 15 is 0 Å². The van der Waals surface area contributed by atoms with Gasteiger partial charge in [0.05, 0.1) is 26.0 Å². The highest BCUT2D eigenvalue weighted by molar-refractivity contribution is 5.85. The van der Waals surface area contributed by atoms with E-state index in [1.54, 1.807) is 6.20 Å². The average Bonchev–Trinajstić information content (AvgIpc) is 3.28. The number of rotatable bonds is 16. The number of aromatic nitrogens is 2. The van der Waals surface area contributed by atoms with E-state index in [0.717, 1.165) is 5.69 Å². The summed E-state index contributed by atoms with van der Waals surface area (Å²) in [6.45, 7) is -0.0280. The van der Waals surface area contributed by atoms with Gasteiger partial charge in [-0.1, -0.05) is 0 Å². The molecule has 1 unspecified atom stereocenters. The van der Waals surface area contributed by atoms with Crippen LogP contribution in [0.25, 0.3) is 0 Å². The van der Waals surface area contributed by atoms with Crippen molar-refractivity contribution in [3.05, 3.63) is 28.3 Å². The number of nitrogens with zero attached hydrogens (tertiary/aromatic N) is 2. The largest absolute Gasteiger partial charge is 0.490 e. The molecule has 13 nitrogen and oxygen atoms in total. The van der Waals surface area contributed by atoms with E-state index in [9.17, 15) is 37.7 Å². The Bertz CT molecular complexity index is 816. The molecule has 35 heavy (non-hydrogen) atoms. The molecule has 0 saturated heterocycles. The first-order chi connectivity index (χ1) is 16.4. The number of hydrogen-bond donors (Lipinski definition) is 2. The predicted octanol–water partition coefficient (Wildman–Crippen LogP) is 1.69. The number of nitrogens with one attached hydrogen (secondary N) is 1. The SMILES string of the molecule is COC(=O)C(CC(=O)CCCC(=O)COCCCO[N+](=O)[O-])Cc1cnc[nH]1.O=C(O)C(F)(F)F. The number of esters is 1. The highest BCUT2D eigenvalue weighted by atomic mass is 19.4. The van der Waals surface area contributed by atoms with Crippen LogP contribution in [0.15, 0.2) is 12.5 Å². The van der Waals surface area contributed by atoms with Crippen LogP contribution in [0.2, 0.25) is 0 Å². The number of imidazole rings is 1. The molecule has 0 radical (unpaired) electrons. The topological polar surface area (TPSA) is 188 Å². The predicted molar refractivity (Wildman–Crippen MR) is 108 cm³/mol. The number of carboxylic acids is 1. The number of H-pyrrole nitrogens is 1. The van der Waals surface area contributed by atoms with E-state index < -0.39 is 29.1 Å². The second-order valence-electron chi connectivity index (χ2n) is 6.90. The van der Waals surface area contributed by atoms with Crippen LogP contribution in [0.1, 0.15) is 37.8 Å². The highest BCUT2D eigenvalue weighted by Crippen LogP contribution is 2.15. The van der Waals surface area contributed by atoms with Crippen LogP contribution < -0.4 is 0 Å². The van der Waals surface area contributed by atoms with Gasteiger partial charge < -0.3 is 24.4 Å². The molecule has 0 fully saturated rings. The lowest BCUT2D eigenvalue weighted by Crippen LogP contribution is -2.22. The average molecular weight is 513 g/mol. The Labute approximate surface area is 197 Å². The smallest absolute Gasteiger partial charge is 0.475 e. The highest BCUT2D eigenvalue weighted by Gasteiger charge is 2.38. The van der Waals surface area contributed by atoms with Crippen molar-refractivity contribution in [2.45, 2.75) is 44.7 Å². The van der Waals surface area contributed by atoms with E-state index in [1.807, 2.05) is 0 Å². The third kappa shape index (κ3) is 16.7. The summed E-state index contributed by atoms with van der Waals surface area (Å²) in [7, 11) is 1.27. The number of carboxylic acid groups (broad SMARTS) is 1. The van der Waals surface area contributed by atoms with E-state index in [1.165, 1.54) is 13.4 Å². The summed E-state index contributed by atoms with van der Waals surface area (Å²) in [6.07, 6.45) is -0.615. The first-order valence-electron chi connectivity index (χ1n) is 10.1. The second-order valence-corrected chi connectivity index (χ2v) is 6.90. The molecule has 0 saturated carbocycles. The Morgan fingerprint density at radius 1 is 1.17 bits per heavy atom. The molecule has 0 aliphatic carbocycles. The van der Waals surface area contributed by atoms with Gasteiger partial charge >= 0.3 is 18.1 Å². The van der Waals surface area contributed by atoms with Crippen LogP contribution in [0.5, 0.6) is 0 Å². The number of carbonyl (C=O) groups is 4. The Morgan fingerprint density at radius 2 is 1.80 bits per heavy atom. The van der Waals surface area contributed by atoms with E-state index in [2.05, 4.69) is 14.8 Å². The summed E-state index contributed by atoms with van der Waals surface area (Å²) < 4.78 is 41.6. The molecule has 1 rings (SSSR count). The molecule has 0 aliphatic heterocycles. The zero-order valence-corrected chi connectivity index (χ0v) is 18.7. The van der Waals surface area contributed by atoms with E-state index in [4.69, 9.17) is 19.4 Å². The number of methoxy groups -OCH3 is 1. The summed E-state index contributed by atoms with van der Waals surface area (Å²) in [5, 5.41) is 16.2.